The number of ether oxygens (including phenoxy) is 3. The van der Waals surface area contributed by atoms with Crippen LogP contribution in [0.5, 0.6) is 0 Å². The fourth-order valence-electron chi connectivity index (χ4n) is 6.95. The van der Waals surface area contributed by atoms with Crippen molar-refractivity contribution in [2.45, 2.75) is 172 Å². The number of phosphoric ester groups is 2. The number of allylic oxidation sites excluding steroid dienone is 14. The zero-order valence-corrected chi connectivity index (χ0v) is 45.8. The van der Waals surface area contributed by atoms with Crippen molar-refractivity contribution < 1.29 is 76.5 Å². The van der Waals surface area contributed by atoms with Gasteiger partial charge in [-0.25, -0.2) is 13.9 Å². The number of carbonyl (C=O) groups is 2. The average molecular weight is 1110 g/mol. The summed E-state index contributed by atoms with van der Waals surface area (Å²) in [7, 11) is -11.0. The first kappa shape index (κ1) is 67.4. The van der Waals surface area contributed by atoms with Crippen molar-refractivity contribution in [1.82, 2.24) is 9.55 Å². The number of nitrogen functional groups attached to an aromatic ring is 1. The van der Waals surface area contributed by atoms with Crippen LogP contribution in [0.15, 0.2) is 126 Å². The van der Waals surface area contributed by atoms with Gasteiger partial charge in [-0.15, -0.1) is 0 Å². The van der Waals surface area contributed by atoms with Gasteiger partial charge in [0.1, 0.15) is 30.7 Å². The third kappa shape index (κ3) is 32.8. The summed E-state index contributed by atoms with van der Waals surface area (Å²) in [6.45, 7) is 1.71. The summed E-state index contributed by atoms with van der Waals surface area (Å²) in [5.74, 6) is -1.57. The van der Waals surface area contributed by atoms with E-state index in [2.05, 4.69) is 40.5 Å². The first-order valence-electron chi connectivity index (χ1n) is 26.1. The van der Waals surface area contributed by atoms with Crippen LogP contribution in [0, 0.1) is 0 Å². The van der Waals surface area contributed by atoms with E-state index in [1.165, 1.54) is 44.6 Å². The lowest BCUT2D eigenvalue weighted by molar-refractivity contribution is -0.161. The molecular formula is C54H83N3O17P2. The van der Waals surface area contributed by atoms with Crippen LogP contribution < -0.4 is 11.4 Å². The lowest BCUT2D eigenvalue weighted by atomic mass is 10.1. The molecule has 9 atom stereocenters. The van der Waals surface area contributed by atoms with E-state index in [4.69, 9.17) is 29.0 Å². The molecule has 1 aliphatic rings. The van der Waals surface area contributed by atoms with E-state index in [1.807, 2.05) is 49.5 Å². The summed E-state index contributed by atoms with van der Waals surface area (Å²) in [6.07, 6.45) is 39.6. The van der Waals surface area contributed by atoms with Crippen molar-refractivity contribution in [1.29, 1.82) is 0 Å². The molecule has 0 radical (unpaired) electrons. The predicted molar refractivity (Wildman–Crippen MR) is 291 cm³/mol. The number of unbranched alkanes of at least 4 members (excludes halogenated alkanes) is 8. The Morgan fingerprint density at radius 2 is 1.33 bits per heavy atom. The number of rotatable bonds is 41. The zero-order valence-electron chi connectivity index (χ0n) is 44.0. The third-order valence-electron chi connectivity index (χ3n) is 11.0. The molecule has 20 nitrogen and oxygen atoms in total. The highest BCUT2D eigenvalue weighted by Gasteiger charge is 2.46. The second-order valence-corrected chi connectivity index (χ2v) is 20.7. The van der Waals surface area contributed by atoms with Crippen molar-refractivity contribution in [3.05, 3.63) is 132 Å². The van der Waals surface area contributed by atoms with Crippen molar-refractivity contribution in [2.24, 2.45) is 0 Å². The highest BCUT2D eigenvalue weighted by atomic mass is 31.3. The number of carbonyl (C=O) groups excluding carboxylic acids is 2. The minimum Gasteiger partial charge on any atom is -0.462 e. The van der Waals surface area contributed by atoms with Crippen molar-refractivity contribution in [2.75, 3.05) is 25.6 Å². The summed E-state index contributed by atoms with van der Waals surface area (Å²) in [5, 5.41) is 41.0. The molecule has 1 saturated heterocycles. The Kier molecular flexibility index (Phi) is 36.0. The molecule has 76 heavy (non-hydrogen) atoms. The fraction of sp³-hybridized carbons (Fsp3) is 0.556. The Balaban J connectivity index is 1.88. The van der Waals surface area contributed by atoms with Crippen LogP contribution in [0.25, 0.3) is 0 Å². The van der Waals surface area contributed by atoms with Gasteiger partial charge in [-0.3, -0.25) is 23.2 Å². The number of anilines is 1. The van der Waals surface area contributed by atoms with E-state index in [1.54, 1.807) is 42.5 Å². The third-order valence-corrected chi connectivity index (χ3v) is 13.6. The summed E-state index contributed by atoms with van der Waals surface area (Å²) >= 11 is 0. The maximum Gasteiger partial charge on any atom is 0.481 e. The smallest absolute Gasteiger partial charge is 0.462 e. The lowest BCUT2D eigenvalue weighted by Crippen LogP contribution is -2.36. The molecule has 8 N–H and O–H groups in total. The molecule has 2 unspecified atom stereocenters. The van der Waals surface area contributed by atoms with Crippen LogP contribution in [-0.4, -0.2) is 108 Å². The minimum absolute atomic E-state index is 0.0712. The molecule has 1 aromatic heterocycles. The fourth-order valence-corrected chi connectivity index (χ4v) is 9.06. The molecule has 2 heterocycles. The first-order valence-corrected chi connectivity index (χ1v) is 29.1. The molecule has 0 amide bonds. The van der Waals surface area contributed by atoms with Gasteiger partial charge in [0.25, 0.3) is 0 Å². The molecule has 0 aliphatic carbocycles. The number of phosphoric acid groups is 2. The molecule has 426 valence electrons. The van der Waals surface area contributed by atoms with Crippen molar-refractivity contribution >= 4 is 33.4 Å². The molecule has 0 bridgehead atoms. The number of hydrogen-bond donors (Lipinski definition) is 7. The standard InChI is InChI=1S/C54H83N3O17P2/c1-3-5-7-8-9-10-11-12-13-14-15-16-17-18-22-25-31-38-50(61)72-46(41-69-49(60)37-32-26-30-36-45(59)35-29-24-21-19-20-23-28-34-44(58)33-27-6-4-2)42-70-75(65,66)74-76(67,68)71-43-47-51(62)52(63)53(73-47)57-40-39-48(55)56-54(57)64/h6,12-13,15-16,18,20-24,27-30,34-36,39-40,44-47,51-53,58-59,62-63H,3-5,7-11,14,17,19,25-26,31-33,37-38,41-43H2,1-2H3,(H,65,66)(H,67,68)(H2,55,56,64)/b13-12-,16-15-,22-18-,23-20-,24-21-,27-6-,34-28+,35-29+,36-30-/t44-,45-,46-,47-,51-,52-,53-/m1/s1. The number of aromatic nitrogens is 2. The Hall–Kier alpha value is -4.66. The Bertz CT molecular complexity index is 2240. The maximum absolute atomic E-state index is 12.9. The van der Waals surface area contributed by atoms with E-state index < -0.39 is 95.9 Å². The van der Waals surface area contributed by atoms with E-state index in [0.29, 0.717) is 38.5 Å². The molecule has 22 heteroatoms. The first-order chi connectivity index (χ1) is 36.5. The highest BCUT2D eigenvalue weighted by Crippen LogP contribution is 2.60. The van der Waals surface area contributed by atoms with Gasteiger partial charge in [-0.2, -0.15) is 9.29 Å². The van der Waals surface area contributed by atoms with Crippen LogP contribution in [0.4, 0.5) is 5.82 Å². The molecular weight excluding hydrogens is 1020 g/mol. The summed E-state index contributed by atoms with van der Waals surface area (Å²) in [6, 6.07) is 1.23. The Labute approximate surface area is 447 Å². The molecule has 1 fully saturated rings. The van der Waals surface area contributed by atoms with Gasteiger partial charge >= 0.3 is 33.3 Å². The Morgan fingerprint density at radius 1 is 0.724 bits per heavy atom. The molecule has 0 saturated carbocycles. The molecule has 0 aromatic carbocycles. The number of aliphatic hydroxyl groups excluding tert-OH is 4. The zero-order chi connectivity index (χ0) is 55.9. The number of hydrogen-bond acceptors (Lipinski definition) is 17. The predicted octanol–water partition coefficient (Wildman–Crippen LogP) is 8.94. The molecule has 1 aromatic rings. The van der Waals surface area contributed by atoms with E-state index in [-0.39, 0.29) is 18.7 Å². The van der Waals surface area contributed by atoms with Crippen LogP contribution >= 0.6 is 15.6 Å². The summed E-state index contributed by atoms with van der Waals surface area (Å²) in [5.41, 5.74) is 4.56. The molecule has 0 spiro atoms. The van der Waals surface area contributed by atoms with Gasteiger partial charge < -0.3 is 50.2 Å². The highest BCUT2D eigenvalue weighted by molar-refractivity contribution is 7.61. The second kappa shape index (κ2) is 40.5. The monoisotopic (exact) mass is 1110 g/mol. The number of esters is 2. The minimum atomic E-state index is -5.49. The van der Waals surface area contributed by atoms with Crippen LogP contribution in [0.3, 0.4) is 0 Å². The van der Waals surface area contributed by atoms with E-state index in [0.717, 1.165) is 36.4 Å². The largest absolute Gasteiger partial charge is 0.481 e. The van der Waals surface area contributed by atoms with Crippen molar-refractivity contribution in [3.63, 3.8) is 0 Å². The SMILES string of the molecule is CC/C=C\C[C@@H](O)/C=C/C=C\C/C=C\C=C\[C@@H](O)/C=C\CCCC(=O)OC[C@H](COP(=O)(O)OP(=O)(O)OC[C@H]1O[C@@H](n2ccc(N)nc2=O)[C@H](O)[C@@H]1O)OC(=O)CCC/C=C\C/C=C\C/C=C\CCCCCCCC. The maximum atomic E-state index is 12.9. The Morgan fingerprint density at radius 3 is 2.01 bits per heavy atom. The van der Waals surface area contributed by atoms with E-state index in [9.17, 15) is 53.7 Å². The quantitative estimate of drug-likeness (QED) is 0.0106. The number of nitrogens with two attached hydrogens (primary N) is 1. The van der Waals surface area contributed by atoms with Crippen molar-refractivity contribution in [3.8, 4) is 0 Å². The van der Waals surface area contributed by atoms with Crippen LogP contribution in [0.1, 0.15) is 136 Å². The van der Waals surface area contributed by atoms with E-state index >= 15 is 0 Å². The van der Waals surface area contributed by atoms with Gasteiger partial charge in [-0.05, 0) is 76.7 Å². The number of nitrogens with zero attached hydrogens (tertiary/aromatic N) is 2. The lowest BCUT2D eigenvalue weighted by Gasteiger charge is -2.21. The summed E-state index contributed by atoms with van der Waals surface area (Å²) < 4.78 is 56.6. The second-order valence-electron chi connectivity index (χ2n) is 17.7. The van der Waals surface area contributed by atoms with Crippen LogP contribution in [-0.2, 0) is 46.3 Å². The normalized spacial score (nSPS) is 20.4. The van der Waals surface area contributed by atoms with Gasteiger partial charge in [-0.1, -0.05) is 155 Å². The van der Waals surface area contributed by atoms with Crippen LogP contribution in [0.2, 0.25) is 0 Å². The topological polar surface area (TPSA) is 306 Å². The van der Waals surface area contributed by atoms with Gasteiger partial charge in [0.05, 0.1) is 25.4 Å². The van der Waals surface area contributed by atoms with Gasteiger partial charge in [0, 0.05) is 19.0 Å². The molecule has 2 rings (SSSR count). The molecule has 1 aliphatic heterocycles. The van der Waals surface area contributed by atoms with Gasteiger partial charge in [0.2, 0.25) is 0 Å². The average Bonchev–Trinajstić information content (AvgIpc) is 3.65. The summed E-state index contributed by atoms with van der Waals surface area (Å²) in [4.78, 5) is 61.9. The van der Waals surface area contributed by atoms with Gasteiger partial charge in [0.15, 0.2) is 12.3 Å². The number of aliphatic hydroxyl groups is 4.